The van der Waals surface area contributed by atoms with Crippen LogP contribution in [0.2, 0.25) is 0 Å². The molecule has 9 nitrogen and oxygen atoms in total. The Bertz CT molecular complexity index is 1130. The van der Waals surface area contributed by atoms with Gasteiger partial charge in [-0.05, 0) is 30.2 Å². The van der Waals surface area contributed by atoms with Crippen molar-refractivity contribution in [2.75, 3.05) is 25.6 Å². The van der Waals surface area contributed by atoms with Gasteiger partial charge in [0.25, 0.3) is 0 Å². The predicted octanol–water partition coefficient (Wildman–Crippen LogP) is 0.707. The van der Waals surface area contributed by atoms with E-state index in [9.17, 15) is 24.6 Å². The van der Waals surface area contributed by atoms with Crippen molar-refractivity contribution in [2.24, 2.45) is 11.8 Å². The van der Waals surface area contributed by atoms with E-state index in [0.29, 0.717) is 16.8 Å². The van der Waals surface area contributed by atoms with E-state index in [4.69, 9.17) is 4.74 Å². The second kappa shape index (κ2) is 7.32. The number of para-hydroxylation sites is 1. The first-order valence-electron chi connectivity index (χ1n) is 10.4. The number of ether oxygens (including phenoxy) is 1. The van der Waals surface area contributed by atoms with E-state index in [1.54, 1.807) is 30.3 Å². The molecule has 0 radical (unpaired) electrons. The number of likely N-dealkylation sites (tertiary alicyclic amines) is 1. The summed E-state index contributed by atoms with van der Waals surface area (Å²) in [6, 6.07) is 11.1. The van der Waals surface area contributed by atoms with Gasteiger partial charge in [0.1, 0.15) is 5.54 Å². The van der Waals surface area contributed by atoms with Gasteiger partial charge in [0.05, 0.1) is 25.0 Å². The lowest BCUT2D eigenvalue weighted by molar-refractivity contribution is -0.143. The molecule has 0 saturated carbocycles. The first kappa shape index (κ1) is 20.5. The number of amides is 3. The molecule has 0 aromatic heterocycles. The number of methoxy groups -OCH3 is 1. The molecule has 4 N–H and O–H groups in total. The van der Waals surface area contributed by atoms with E-state index in [0.717, 1.165) is 0 Å². The molecule has 2 fully saturated rings. The monoisotopic (exact) mass is 437 g/mol. The number of anilines is 1. The molecule has 4 atom stereocenters. The van der Waals surface area contributed by atoms with Gasteiger partial charge in [-0.2, -0.15) is 0 Å². The second-order valence-electron chi connectivity index (χ2n) is 8.41. The van der Waals surface area contributed by atoms with E-state index < -0.39 is 29.3 Å². The van der Waals surface area contributed by atoms with Gasteiger partial charge < -0.3 is 20.3 Å². The van der Waals surface area contributed by atoms with E-state index >= 15 is 0 Å². The minimum absolute atomic E-state index is 0.118. The van der Waals surface area contributed by atoms with Crippen LogP contribution in [0.3, 0.4) is 0 Å². The highest BCUT2D eigenvalue weighted by Crippen LogP contribution is 2.53. The lowest BCUT2D eigenvalue weighted by Crippen LogP contribution is -2.53. The quantitative estimate of drug-likeness (QED) is 0.401. The maximum Gasteiger partial charge on any atom is 0.250 e. The van der Waals surface area contributed by atoms with Crippen molar-refractivity contribution >= 4 is 23.4 Å². The molecule has 0 aliphatic carbocycles. The van der Waals surface area contributed by atoms with Crippen molar-refractivity contribution in [3.63, 3.8) is 0 Å². The molecular weight excluding hydrogens is 414 g/mol. The highest BCUT2D eigenvalue weighted by molar-refractivity contribution is 6.15. The molecule has 2 aromatic carbocycles. The summed E-state index contributed by atoms with van der Waals surface area (Å²) in [6.45, 7) is 0.323. The fourth-order valence-electron chi connectivity index (χ4n) is 5.35. The van der Waals surface area contributed by atoms with Crippen LogP contribution < -0.4 is 10.6 Å². The van der Waals surface area contributed by atoms with Crippen LogP contribution in [0.4, 0.5) is 5.69 Å². The number of nitrogens with one attached hydrogen (secondary N) is 2. The number of rotatable bonds is 5. The zero-order chi connectivity index (χ0) is 22.6. The Hall–Kier alpha value is -3.43. The third-order valence-corrected chi connectivity index (χ3v) is 6.73. The maximum absolute atomic E-state index is 13.5. The van der Waals surface area contributed by atoms with Gasteiger partial charge in [-0.3, -0.25) is 24.6 Å². The average molecular weight is 437 g/mol. The molecule has 9 heteroatoms. The van der Waals surface area contributed by atoms with Crippen LogP contribution in [0.1, 0.15) is 11.1 Å². The molecular formula is C23H23N3O6. The van der Waals surface area contributed by atoms with E-state index in [-0.39, 0.29) is 42.9 Å². The number of benzene rings is 2. The van der Waals surface area contributed by atoms with Crippen LogP contribution in [0.5, 0.6) is 11.5 Å². The van der Waals surface area contributed by atoms with Crippen molar-refractivity contribution in [3.05, 3.63) is 53.6 Å². The Morgan fingerprint density at radius 1 is 1.06 bits per heavy atom. The molecule has 3 aliphatic heterocycles. The Morgan fingerprint density at radius 2 is 1.84 bits per heavy atom. The fraction of sp³-hybridized carbons (Fsp3) is 0.348. The first-order chi connectivity index (χ1) is 15.4. The van der Waals surface area contributed by atoms with Crippen molar-refractivity contribution in [3.8, 4) is 11.5 Å². The van der Waals surface area contributed by atoms with Crippen molar-refractivity contribution in [2.45, 2.75) is 18.0 Å². The molecule has 0 bridgehead atoms. The highest BCUT2D eigenvalue weighted by atomic mass is 16.5. The first-order valence-corrected chi connectivity index (χ1v) is 10.4. The van der Waals surface area contributed by atoms with Crippen LogP contribution >= 0.6 is 0 Å². The lowest BCUT2D eigenvalue weighted by atomic mass is 9.76. The Morgan fingerprint density at radius 3 is 2.59 bits per heavy atom. The van der Waals surface area contributed by atoms with Gasteiger partial charge in [-0.1, -0.05) is 24.3 Å². The number of phenols is 2. The Labute approximate surface area is 184 Å². The highest BCUT2D eigenvalue weighted by Gasteiger charge is 2.70. The molecule has 166 valence electrons. The van der Waals surface area contributed by atoms with Crippen molar-refractivity contribution in [1.29, 1.82) is 0 Å². The number of fused-ring (bicyclic) bond motifs is 4. The van der Waals surface area contributed by atoms with Crippen LogP contribution in [0, 0.1) is 11.8 Å². The second-order valence-corrected chi connectivity index (χ2v) is 8.41. The van der Waals surface area contributed by atoms with E-state index in [2.05, 4.69) is 10.6 Å². The predicted molar refractivity (Wildman–Crippen MR) is 113 cm³/mol. The third-order valence-electron chi connectivity index (χ3n) is 6.73. The molecule has 3 heterocycles. The van der Waals surface area contributed by atoms with Crippen LogP contribution in [-0.2, 0) is 31.1 Å². The Kier molecular flexibility index (Phi) is 4.68. The largest absolute Gasteiger partial charge is 0.504 e. The molecule has 32 heavy (non-hydrogen) atoms. The van der Waals surface area contributed by atoms with Gasteiger partial charge in [-0.15, -0.1) is 0 Å². The minimum Gasteiger partial charge on any atom is -0.504 e. The summed E-state index contributed by atoms with van der Waals surface area (Å²) in [5, 5.41) is 25.7. The van der Waals surface area contributed by atoms with Crippen LogP contribution in [0.15, 0.2) is 42.5 Å². The SMILES string of the molecule is COCCN1C(=O)[C@H]2[C@H](Cc3ccc(O)c(O)c3)N[C@@]3(C(=O)Nc4ccccc43)[C@@H]2C1=O. The summed E-state index contributed by atoms with van der Waals surface area (Å²) < 4.78 is 5.07. The number of imide groups is 1. The van der Waals surface area contributed by atoms with Gasteiger partial charge in [0.15, 0.2) is 11.5 Å². The van der Waals surface area contributed by atoms with E-state index in [1.165, 1.54) is 24.1 Å². The molecule has 5 rings (SSSR count). The maximum atomic E-state index is 13.5. The average Bonchev–Trinajstić information content (AvgIpc) is 3.34. The topological polar surface area (TPSA) is 128 Å². The Balaban J connectivity index is 1.59. The number of carbonyl (C=O) groups is 3. The van der Waals surface area contributed by atoms with Gasteiger partial charge in [0, 0.05) is 24.4 Å². The molecule has 3 amide bonds. The summed E-state index contributed by atoms with van der Waals surface area (Å²) >= 11 is 0. The van der Waals surface area contributed by atoms with Gasteiger partial charge in [0.2, 0.25) is 17.7 Å². The normalized spacial score (nSPS) is 28.3. The number of carbonyl (C=O) groups excluding carboxylic acids is 3. The summed E-state index contributed by atoms with van der Waals surface area (Å²) in [5.41, 5.74) is 0.559. The summed E-state index contributed by atoms with van der Waals surface area (Å²) in [6.07, 6.45) is 0.281. The minimum atomic E-state index is -1.36. The number of phenolic OH excluding ortho intramolecular Hbond substituents is 2. The summed E-state index contributed by atoms with van der Waals surface area (Å²) in [5.74, 6) is -3.27. The zero-order valence-electron chi connectivity index (χ0n) is 17.4. The molecule has 3 aliphatic rings. The zero-order valence-corrected chi connectivity index (χ0v) is 17.4. The number of nitrogens with zero attached hydrogens (tertiary/aromatic N) is 1. The molecule has 2 saturated heterocycles. The summed E-state index contributed by atoms with van der Waals surface area (Å²) in [4.78, 5) is 41.4. The lowest BCUT2D eigenvalue weighted by Gasteiger charge is -2.29. The molecule has 1 spiro atoms. The standard InChI is InChI=1S/C23H23N3O6/c1-32-9-8-26-20(29)18-15(10-12-6-7-16(27)17(28)11-12)25-23(19(18)21(26)30)13-4-2-3-5-14(13)24-22(23)31/h2-7,11,15,18-19,25,27-28H,8-10H2,1H3,(H,24,31)/t15-,18-,19-,23+/m0/s1. The van der Waals surface area contributed by atoms with Gasteiger partial charge in [-0.25, -0.2) is 0 Å². The van der Waals surface area contributed by atoms with Crippen LogP contribution in [0.25, 0.3) is 0 Å². The number of aromatic hydroxyl groups is 2. The van der Waals surface area contributed by atoms with Crippen molar-refractivity contribution < 1.29 is 29.3 Å². The van der Waals surface area contributed by atoms with Crippen LogP contribution in [-0.4, -0.2) is 59.1 Å². The van der Waals surface area contributed by atoms with Gasteiger partial charge >= 0.3 is 0 Å². The van der Waals surface area contributed by atoms with E-state index in [1.807, 2.05) is 0 Å². The fourth-order valence-corrected chi connectivity index (χ4v) is 5.35. The molecule has 0 unspecified atom stereocenters. The van der Waals surface area contributed by atoms with Crippen molar-refractivity contribution in [1.82, 2.24) is 10.2 Å². The number of hydrogen-bond donors (Lipinski definition) is 4. The summed E-state index contributed by atoms with van der Waals surface area (Å²) in [7, 11) is 1.50. The smallest absolute Gasteiger partial charge is 0.250 e. The third kappa shape index (κ3) is 2.74. The number of hydrogen-bond acceptors (Lipinski definition) is 7. The molecule has 2 aromatic rings.